The van der Waals surface area contributed by atoms with Crippen LogP contribution in [0.15, 0.2) is 48.7 Å². The lowest BCUT2D eigenvalue weighted by Gasteiger charge is -2.37. The Hall–Kier alpha value is -5.18. The van der Waals surface area contributed by atoms with Crippen LogP contribution < -0.4 is 25.4 Å². The van der Waals surface area contributed by atoms with Crippen LogP contribution >= 0.6 is 0 Å². The van der Waals surface area contributed by atoms with Gasteiger partial charge in [0, 0.05) is 37.4 Å². The van der Waals surface area contributed by atoms with Crippen molar-refractivity contribution in [2.75, 3.05) is 59.3 Å². The summed E-state index contributed by atoms with van der Waals surface area (Å²) < 4.78 is 40.5. The maximum atomic E-state index is 14.5. The van der Waals surface area contributed by atoms with E-state index in [0.29, 0.717) is 45.0 Å². The van der Waals surface area contributed by atoms with Gasteiger partial charge in [0.1, 0.15) is 6.04 Å². The standard InChI is InChI=1S/C37H44F2N6O7/c1-45(16-5-4-6-17-45)18-8-11-31(46)43-27-10-7-9-25-26(14-15-40-33(25)27)35(49)42-22-32(47)44-23-37(38,39)20-28(44)34(48)36(50)41-21-24-12-13-29(51-2)30(19-24)52-3/h7,9-10,12-15,19,28H,4-6,8,11,16-18,20-23H2,1-3H3,(H2-,41,42,43,46,49,50)/p+1/t28-/m0/s1. The molecular weight excluding hydrogens is 678 g/mol. The van der Waals surface area contributed by atoms with Crippen LogP contribution in [0.2, 0.25) is 0 Å². The van der Waals surface area contributed by atoms with Gasteiger partial charge in [-0.25, -0.2) is 8.78 Å². The first kappa shape index (κ1) is 38.1. The number of anilines is 1. The van der Waals surface area contributed by atoms with E-state index in [9.17, 15) is 32.8 Å². The Labute approximate surface area is 300 Å². The van der Waals surface area contributed by atoms with Crippen LogP contribution in [0.4, 0.5) is 14.5 Å². The molecule has 0 spiro atoms. The SMILES string of the molecule is COc1ccc(CNC(=O)C(=O)[C@@H]2CC(F)(F)CN2C(=O)CNC(=O)c2ccnc3c(NC(=O)CCC[N+]4(C)CCCCC4)cccc23)cc1OC. The van der Waals surface area contributed by atoms with Crippen LogP contribution in [0.3, 0.4) is 0 Å². The van der Waals surface area contributed by atoms with Crippen molar-refractivity contribution in [1.82, 2.24) is 20.5 Å². The first-order chi connectivity index (χ1) is 24.8. The number of hydrogen-bond donors (Lipinski definition) is 3. The highest BCUT2D eigenvalue weighted by Gasteiger charge is 2.51. The Bertz CT molecular complexity index is 1830. The number of ether oxygens (including phenoxy) is 2. The number of nitrogens with one attached hydrogen (secondary N) is 3. The predicted octanol–water partition coefficient (Wildman–Crippen LogP) is 3.45. The third-order valence-corrected chi connectivity index (χ3v) is 9.71. The molecular formula is C37H45F2N6O7+. The number of rotatable bonds is 14. The number of pyridine rings is 1. The number of carbonyl (C=O) groups is 5. The zero-order valence-corrected chi connectivity index (χ0v) is 29.6. The van der Waals surface area contributed by atoms with Crippen LogP contribution in [0.5, 0.6) is 11.5 Å². The molecule has 0 saturated carbocycles. The molecule has 2 aromatic carbocycles. The van der Waals surface area contributed by atoms with Crippen molar-refractivity contribution in [1.29, 1.82) is 0 Å². The maximum absolute atomic E-state index is 14.5. The van der Waals surface area contributed by atoms with Crippen molar-refractivity contribution < 1.29 is 46.7 Å². The number of likely N-dealkylation sites (tertiary alicyclic amines) is 2. The molecule has 1 atom stereocenters. The van der Waals surface area contributed by atoms with Crippen molar-refractivity contribution in [2.45, 2.75) is 57.0 Å². The Morgan fingerprint density at radius 3 is 2.46 bits per heavy atom. The van der Waals surface area contributed by atoms with Gasteiger partial charge in [0.15, 0.2) is 11.5 Å². The number of Topliss-reactive ketones (excluding diaryl/α,β-unsaturated/α-hetero) is 1. The Morgan fingerprint density at radius 2 is 1.73 bits per heavy atom. The van der Waals surface area contributed by atoms with E-state index in [0.717, 1.165) is 30.5 Å². The van der Waals surface area contributed by atoms with Gasteiger partial charge >= 0.3 is 0 Å². The van der Waals surface area contributed by atoms with Gasteiger partial charge in [-0.1, -0.05) is 18.2 Å². The van der Waals surface area contributed by atoms with Gasteiger partial charge in [-0.2, -0.15) is 0 Å². The quantitative estimate of drug-likeness (QED) is 0.169. The van der Waals surface area contributed by atoms with Crippen molar-refractivity contribution in [3.63, 3.8) is 0 Å². The normalized spacial score (nSPS) is 17.6. The second kappa shape index (κ2) is 16.4. The largest absolute Gasteiger partial charge is 0.493 e. The molecule has 3 heterocycles. The van der Waals surface area contributed by atoms with Gasteiger partial charge in [0.25, 0.3) is 17.7 Å². The van der Waals surface area contributed by atoms with Gasteiger partial charge in [-0.3, -0.25) is 29.0 Å². The molecule has 0 bridgehead atoms. The minimum Gasteiger partial charge on any atom is -0.493 e. The number of fused-ring (bicyclic) bond motifs is 1. The van der Waals surface area contributed by atoms with Gasteiger partial charge in [-0.05, 0) is 49.1 Å². The Balaban J connectivity index is 1.18. The fourth-order valence-corrected chi connectivity index (χ4v) is 6.89. The molecule has 5 rings (SSSR count). The summed E-state index contributed by atoms with van der Waals surface area (Å²) in [5.74, 6) is -6.72. The number of amides is 4. The average molecular weight is 724 g/mol. The second-order valence-electron chi connectivity index (χ2n) is 13.6. The second-order valence-corrected chi connectivity index (χ2v) is 13.6. The van der Waals surface area contributed by atoms with E-state index in [4.69, 9.17) is 9.47 Å². The van der Waals surface area contributed by atoms with Gasteiger partial charge in [0.2, 0.25) is 17.6 Å². The number of nitrogens with zero attached hydrogens (tertiary/aromatic N) is 3. The molecule has 13 nitrogen and oxygen atoms in total. The summed E-state index contributed by atoms with van der Waals surface area (Å²) >= 11 is 0. The molecule has 2 fully saturated rings. The number of benzene rings is 2. The molecule has 2 saturated heterocycles. The molecule has 2 aliphatic rings. The van der Waals surface area contributed by atoms with Crippen molar-refractivity contribution in [3.05, 3.63) is 59.8 Å². The van der Waals surface area contributed by atoms with Crippen molar-refractivity contribution in [2.24, 2.45) is 0 Å². The molecule has 278 valence electrons. The van der Waals surface area contributed by atoms with Gasteiger partial charge in [-0.15, -0.1) is 0 Å². The number of methoxy groups -OCH3 is 2. The number of para-hydroxylation sites is 1. The minimum absolute atomic E-state index is 0.109. The Morgan fingerprint density at radius 1 is 0.981 bits per heavy atom. The van der Waals surface area contributed by atoms with E-state index in [2.05, 4.69) is 28.0 Å². The van der Waals surface area contributed by atoms with Crippen LogP contribution in [0.25, 0.3) is 10.9 Å². The summed E-state index contributed by atoms with van der Waals surface area (Å²) in [4.78, 5) is 70.1. The number of quaternary nitrogens is 1. The molecule has 15 heteroatoms. The molecule has 3 aromatic rings. The third-order valence-electron chi connectivity index (χ3n) is 9.71. The van der Waals surface area contributed by atoms with E-state index in [1.165, 1.54) is 45.7 Å². The predicted molar refractivity (Wildman–Crippen MR) is 188 cm³/mol. The average Bonchev–Trinajstić information content (AvgIpc) is 3.47. The summed E-state index contributed by atoms with van der Waals surface area (Å²) in [5, 5.41) is 8.17. The summed E-state index contributed by atoms with van der Waals surface area (Å²) in [5.41, 5.74) is 1.50. The van der Waals surface area contributed by atoms with Crippen LogP contribution in [0, 0.1) is 0 Å². The molecule has 52 heavy (non-hydrogen) atoms. The smallest absolute Gasteiger partial charge is 0.289 e. The third kappa shape index (κ3) is 9.18. The highest BCUT2D eigenvalue weighted by atomic mass is 19.3. The number of alkyl halides is 2. The number of halogens is 2. The van der Waals surface area contributed by atoms with E-state index in [1.807, 2.05) is 0 Å². The lowest BCUT2D eigenvalue weighted by molar-refractivity contribution is -0.914. The number of hydrogen-bond acceptors (Lipinski definition) is 8. The molecule has 0 unspecified atom stereocenters. The maximum Gasteiger partial charge on any atom is 0.289 e. The number of ketones is 1. The van der Waals surface area contributed by atoms with Gasteiger partial charge < -0.3 is 34.8 Å². The van der Waals surface area contributed by atoms with Gasteiger partial charge in [0.05, 0.1) is 70.8 Å². The van der Waals surface area contributed by atoms with E-state index in [-0.39, 0.29) is 18.0 Å². The highest BCUT2D eigenvalue weighted by Crippen LogP contribution is 2.33. The number of carbonyl (C=O) groups excluding carboxylic acids is 5. The van der Waals surface area contributed by atoms with E-state index >= 15 is 0 Å². The van der Waals surface area contributed by atoms with Crippen LogP contribution in [-0.4, -0.2) is 110 Å². The van der Waals surface area contributed by atoms with E-state index < -0.39 is 55.0 Å². The topological polar surface area (TPSA) is 156 Å². The molecule has 0 radical (unpaired) electrons. The molecule has 1 aromatic heterocycles. The molecule has 2 aliphatic heterocycles. The molecule has 0 aliphatic carbocycles. The summed E-state index contributed by atoms with van der Waals surface area (Å²) in [6.45, 7) is 1.26. The zero-order chi connectivity index (χ0) is 37.5. The highest BCUT2D eigenvalue weighted by molar-refractivity contribution is 6.38. The fourth-order valence-electron chi connectivity index (χ4n) is 6.89. The first-order valence-corrected chi connectivity index (χ1v) is 17.3. The zero-order valence-electron chi connectivity index (χ0n) is 29.6. The molecule has 4 amide bonds. The Kier molecular flexibility index (Phi) is 12.0. The summed E-state index contributed by atoms with van der Waals surface area (Å²) in [6, 6.07) is 9.56. The van der Waals surface area contributed by atoms with Crippen molar-refractivity contribution >= 4 is 46.0 Å². The first-order valence-electron chi connectivity index (χ1n) is 17.3. The van der Waals surface area contributed by atoms with E-state index in [1.54, 1.807) is 36.4 Å². The molecule has 3 N–H and O–H groups in total. The fraction of sp³-hybridized carbons (Fsp3) is 0.459. The number of aromatic nitrogens is 1. The summed E-state index contributed by atoms with van der Waals surface area (Å²) in [7, 11) is 5.13. The minimum atomic E-state index is -3.42. The van der Waals surface area contributed by atoms with Crippen LogP contribution in [0.1, 0.15) is 54.4 Å². The lowest BCUT2D eigenvalue weighted by atomic mass is 10.1. The lowest BCUT2D eigenvalue weighted by Crippen LogP contribution is -2.49. The summed E-state index contributed by atoms with van der Waals surface area (Å²) in [6.07, 6.45) is 5.09. The van der Waals surface area contributed by atoms with Crippen molar-refractivity contribution in [3.8, 4) is 11.5 Å². The van der Waals surface area contributed by atoms with Crippen LogP contribution in [-0.2, 0) is 25.7 Å². The number of piperidine rings is 1. The monoisotopic (exact) mass is 723 g/mol.